The van der Waals surface area contributed by atoms with Crippen molar-refractivity contribution in [3.05, 3.63) is 30.3 Å². The van der Waals surface area contributed by atoms with Gasteiger partial charge in [-0.15, -0.1) is 24.0 Å². The average molecular weight is 444 g/mol. The van der Waals surface area contributed by atoms with E-state index in [1.165, 1.54) is 18.5 Å². The van der Waals surface area contributed by atoms with E-state index in [0.717, 1.165) is 31.9 Å². The lowest BCUT2D eigenvalue weighted by molar-refractivity contribution is 0.0992. The number of hydrogen-bond donors (Lipinski definition) is 2. The van der Waals surface area contributed by atoms with Crippen molar-refractivity contribution in [1.82, 2.24) is 10.6 Å². The van der Waals surface area contributed by atoms with Gasteiger partial charge in [-0.1, -0.05) is 18.2 Å². The van der Waals surface area contributed by atoms with Crippen LogP contribution in [0, 0.1) is 0 Å². The molecule has 0 saturated carbocycles. The van der Waals surface area contributed by atoms with Gasteiger partial charge >= 0.3 is 0 Å². The molecule has 24 heavy (non-hydrogen) atoms. The molecule has 1 aromatic rings. The Morgan fingerprint density at radius 1 is 1.29 bits per heavy atom. The molecule has 3 atom stereocenters. The van der Waals surface area contributed by atoms with Crippen molar-refractivity contribution in [2.24, 2.45) is 4.99 Å². The van der Waals surface area contributed by atoms with Crippen LogP contribution < -0.4 is 15.5 Å². The van der Waals surface area contributed by atoms with Gasteiger partial charge in [-0.3, -0.25) is 4.99 Å². The van der Waals surface area contributed by atoms with Crippen molar-refractivity contribution in [3.63, 3.8) is 0 Å². The van der Waals surface area contributed by atoms with E-state index in [1.807, 2.05) is 13.1 Å². The maximum atomic E-state index is 5.88. The average Bonchev–Trinajstić information content (AvgIpc) is 3.21. The van der Waals surface area contributed by atoms with Gasteiger partial charge in [0, 0.05) is 32.9 Å². The summed E-state index contributed by atoms with van der Waals surface area (Å²) in [6.07, 6.45) is 5.43. The summed E-state index contributed by atoms with van der Waals surface area (Å²) < 4.78 is 5.88. The third-order valence-electron chi connectivity index (χ3n) is 4.81. The topological polar surface area (TPSA) is 48.9 Å². The first-order valence-electron chi connectivity index (χ1n) is 8.65. The monoisotopic (exact) mass is 444 g/mol. The molecule has 2 bridgehead atoms. The van der Waals surface area contributed by atoms with Crippen molar-refractivity contribution < 1.29 is 4.74 Å². The van der Waals surface area contributed by atoms with Crippen LogP contribution in [-0.4, -0.2) is 51.4 Å². The molecule has 2 aliphatic rings. The maximum absolute atomic E-state index is 5.88. The Kier molecular flexibility index (Phi) is 7.61. The van der Waals surface area contributed by atoms with Crippen LogP contribution in [0.5, 0.6) is 0 Å². The molecule has 2 heterocycles. The Morgan fingerprint density at radius 3 is 2.71 bits per heavy atom. The Labute approximate surface area is 162 Å². The van der Waals surface area contributed by atoms with E-state index in [4.69, 9.17) is 4.74 Å². The fourth-order valence-corrected chi connectivity index (χ4v) is 3.49. The van der Waals surface area contributed by atoms with E-state index < -0.39 is 0 Å². The van der Waals surface area contributed by atoms with E-state index in [0.29, 0.717) is 18.2 Å². The number of fused-ring (bicyclic) bond motifs is 2. The first kappa shape index (κ1) is 19.3. The van der Waals surface area contributed by atoms with Crippen molar-refractivity contribution in [2.45, 2.75) is 43.9 Å². The first-order chi connectivity index (χ1) is 11.3. The number of para-hydroxylation sites is 1. The van der Waals surface area contributed by atoms with Gasteiger partial charge in [0.25, 0.3) is 0 Å². The molecule has 6 heteroatoms. The van der Waals surface area contributed by atoms with Crippen LogP contribution in [0.3, 0.4) is 0 Å². The van der Waals surface area contributed by atoms with Crippen molar-refractivity contribution in [3.8, 4) is 0 Å². The molecule has 1 aromatic carbocycles. The van der Waals surface area contributed by atoms with E-state index in [-0.39, 0.29) is 24.0 Å². The van der Waals surface area contributed by atoms with Gasteiger partial charge in [0.15, 0.2) is 5.96 Å². The van der Waals surface area contributed by atoms with Gasteiger partial charge in [-0.05, 0) is 37.8 Å². The molecule has 0 spiro atoms. The molecule has 0 aliphatic carbocycles. The lowest BCUT2D eigenvalue weighted by atomic mass is 9.96. The summed E-state index contributed by atoms with van der Waals surface area (Å²) in [7, 11) is 3.97. The zero-order valence-corrected chi connectivity index (χ0v) is 16.9. The van der Waals surface area contributed by atoms with Gasteiger partial charge in [0.2, 0.25) is 0 Å². The minimum Gasteiger partial charge on any atom is -0.375 e. The molecule has 3 unspecified atom stereocenters. The predicted octanol–water partition coefficient (Wildman–Crippen LogP) is 2.62. The summed E-state index contributed by atoms with van der Waals surface area (Å²) in [5.74, 6) is 0.897. The molecule has 3 rings (SSSR count). The van der Waals surface area contributed by atoms with Gasteiger partial charge in [-0.25, -0.2) is 0 Å². The Hall–Kier alpha value is -1.02. The SMILES string of the molecule is CN=C(NCCCN(C)c1ccccc1)NC1CC2CCC1O2.I. The van der Waals surface area contributed by atoms with Gasteiger partial charge < -0.3 is 20.3 Å². The summed E-state index contributed by atoms with van der Waals surface area (Å²) in [6, 6.07) is 10.9. The second kappa shape index (κ2) is 9.46. The summed E-state index contributed by atoms with van der Waals surface area (Å²) in [6.45, 7) is 1.93. The highest BCUT2D eigenvalue weighted by Gasteiger charge is 2.41. The normalized spacial score (nSPS) is 25.2. The molecular formula is C18H29IN4O. The predicted molar refractivity (Wildman–Crippen MR) is 111 cm³/mol. The quantitative estimate of drug-likeness (QED) is 0.307. The van der Waals surface area contributed by atoms with Crippen LogP contribution in [0.1, 0.15) is 25.7 Å². The number of benzene rings is 1. The number of hydrogen-bond acceptors (Lipinski definition) is 3. The number of nitrogens with one attached hydrogen (secondary N) is 2. The van der Waals surface area contributed by atoms with Gasteiger partial charge in [0.1, 0.15) is 0 Å². The van der Waals surface area contributed by atoms with E-state index >= 15 is 0 Å². The summed E-state index contributed by atoms with van der Waals surface area (Å²) in [5.41, 5.74) is 1.26. The third kappa shape index (κ3) is 4.99. The molecule has 134 valence electrons. The number of aliphatic imine (C=N–C) groups is 1. The number of nitrogens with zero attached hydrogens (tertiary/aromatic N) is 2. The summed E-state index contributed by atoms with van der Waals surface area (Å²) in [4.78, 5) is 6.61. The molecule has 0 radical (unpaired) electrons. The molecular weight excluding hydrogens is 415 g/mol. The molecule has 2 N–H and O–H groups in total. The molecule has 2 aliphatic heterocycles. The molecule has 0 amide bonds. The van der Waals surface area contributed by atoms with Crippen molar-refractivity contribution in [1.29, 1.82) is 0 Å². The van der Waals surface area contributed by atoms with Crippen LogP contribution in [0.25, 0.3) is 0 Å². The molecule has 2 fully saturated rings. The molecule has 5 nitrogen and oxygen atoms in total. The van der Waals surface area contributed by atoms with Gasteiger partial charge in [-0.2, -0.15) is 0 Å². The number of guanidine groups is 1. The smallest absolute Gasteiger partial charge is 0.191 e. The lowest BCUT2D eigenvalue weighted by Gasteiger charge is -2.23. The maximum Gasteiger partial charge on any atom is 0.191 e. The van der Waals surface area contributed by atoms with E-state index in [9.17, 15) is 0 Å². The minimum atomic E-state index is 0. The fourth-order valence-electron chi connectivity index (χ4n) is 3.49. The highest BCUT2D eigenvalue weighted by atomic mass is 127. The van der Waals surface area contributed by atoms with E-state index in [1.54, 1.807) is 0 Å². The number of anilines is 1. The lowest BCUT2D eigenvalue weighted by Crippen LogP contribution is -2.47. The van der Waals surface area contributed by atoms with Crippen LogP contribution in [0.2, 0.25) is 0 Å². The van der Waals surface area contributed by atoms with E-state index in [2.05, 4.69) is 51.8 Å². The summed E-state index contributed by atoms with van der Waals surface area (Å²) in [5, 5.41) is 6.94. The first-order valence-corrected chi connectivity index (χ1v) is 8.65. The third-order valence-corrected chi connectivity index (χ3v) is 4.81. The van der Waals surface area contributed by atoms with Crippen molar-refractivity contribution >= 4 is 35.6 Å². The second-order valence-electron chi connectivity index (χ2n) is 6.47. The second-order valence-corrected chi connectivity index (χ2v) is 6.47. The minimum absolute atomic E-state index is 0. The number of ether oxygens (including phenoxy) is 1. The molecule has 2 saturated heterocycles. The fraction of sp³-hybridized carbons (Fsp3) is 0.611. The largest absolute Gasteiger partial charge is 0.375 e. The Morgan fingerprint density at radius 2 is 2.08 bits per heavy atom. The summed E-state index contributed by atoms with van der Waals surface area (Å²) >= 11 is 0. The molecule has 0 aromatic heterocycles. The highest BCUT2D eigenvalue weighted by molar-refractivity contribution is 14.0. The highest BCUT2D eigenvalue weighted by Crippen LogP contribution is 2.34. The van der Waals surface area contributed by atoms with Crippen LogP contribution in [0.4, 0.5) is 5.69 Å². The zero-order chi connectivity index (χ0) is 16.1. The zero-order valence-electron chi connectivity index (χ0n) is 14.6. The Bertz CT molecular complexity index is 525. The number of halogens is 1. The van der Waals surface area contributed by atoms with Crippen molar-refractivity contribution in [2.75, 3.05) is 32.1 Å². The van der Waals surface area contributed by atoms with Crippen LogP contribution in [-0.2, 0) is 4.74 Å². The standard InChI is InChI=1S/C18H28N4O.HI/c1-19-18(21-16-13-15-9-10-17(16)23-15)20-11-6-12-22(2)14-7-4-3-5-8-14;/h3-5,7-8,15-17H,6,9-13H2,1-2H3,(H2,19,20,21);1H. The van der Waals surface area contributed by atoms with Gasteiger partial charge in [0.05, 0.1) is 18.2 Å². The van der Waals surface area contributed by atoms with Crippen LogP contribution in [0.15, 0.2) is 35.3 Å². The van der Waals surface area contributed by atoms with Crippen LogP contribution >= 0.6 is 24.0 Å². The number of rotatable bonds is 6. The Balaban J connectivity index is 0.00000208.